The zero-order valence-electron chi connectivity index (χ0n) is 13.8. The molecule has 0 fully saturated rings. The van der Waals surface area contributed by atoms with E-state index in [1.165, 1.54) is 12.0 Å². The van der Waals surface area contributed by atoms with Crippen molar-refractivity contribution in [1.82, 2.24) is 4.90 Å². The molecule has 0 bridgehead atoms. The Morgan fingerprint density at radius 1 is 1.14 bits per heavy atom. The third-order valence-electron chi connectivity index (χ3n) is 4.94. The second-order valence-corrected chi connectivity index (χ2v) is 6.18. The Labute approximate surface area is 133 Å². The van der Waals surface area contributed by atoms with Crippen LogP contribution in [0.2, 0.25) is 0 Å². The van der Waals surface area contributed by atoms with Gasteiger partial charge in [0.1, 0.15) is 5.75 Å². The smallest absolute Gasteiger partial charge is 0.118 e. The van der Waals surface area contributed by atoms with Gasteiger partial charge in [0.05, 0.1) is 20.0 Å². The lowest BCUT2D eigenvalue weighted by molar-refractivity contribution is 0.237. The normalized spacial score (nSPS) is 22.1. The zero-order valence-corrected chi connectivity index (χ0v) is 13.8. The molecule has 1 aliphatic carbocycles. The van der Waals surface area contributed by atoms with E-state index in [2.05, 4.69) is 42.3 Å². The van der Waals surface area contributed by atoms with Crippen molar-refractivity contribution in [3.05, 3.63) is 52.8 Å². The molecule has 0 saturated heterocycles. The lowest BCUT2D eigenvalue weighted by Gasteiger charge is -2.38. The summed E-state index contributed by atoms with van der Waals surface area (Å²) < 4.78 is 10.7. The Morgan fingerprint density at radius 2 is 1.91 bits per heavy atom. The summed E-state index contributed by atoms with van der Waals surface area (Å²) in [6, 6.07) is 8.97. The van der Waals surface area contributed by atoms with Crippen LogP contribution in [-0.2, 0) is 11.2 Å². The minimum absolute atomic E-state index is 0.506. The largest absolute Gasteiger partial charge is 0.501 e. The van der Waals surface area contributed by atoms with Crippen molar-refractivity contribution in [2.45, 2.75) is 31.7 Å². The first-order valence-corrected chi connectivity index (χ1v) is 7.98. The minimum Gasteiger partial charge on any atom is -0.501 e. The highest BCUT2D eigenvalue weighted by Crippen LogP contribution is 2.35. The summed E-state index contributed by atoms with van der Waals surface area (Å²) in [5, 5.41) is 0. The highest BCUT2D eigenvalue weighted by atomic mass is 16.5. The summed E-state index contributed by atoms with van der Waals surface area (Å²) in [6.07, 6.45) is 6.52. The Hall–Kier alpha value is -1.74. The number of ether oxygens (including phenoxy) is 2. The molecular weight excluding hydrogens is 274 g/mol. The van der Waals surface area contributed by atoms with Crippen molar-refractivity contribution in [3.8, 4) is 5.75 Å². The molecule has 1 aromatic rings. The van der Waals surface area contributed by atoms with Gasteiger partial charge in [-0.25, -0.2) is 0 Å². The Balaban J connectivity index is 1.78. The molecule has 1 atom stereocenters. The summed E-state index contributed by atoms with van der Waals surface area (Å²) in [4.78, 5) is 2.49. The monoisotopic (exact) mass is 299 g/mol. The van der Waals surface area contributed by atoms with Crippen LogP contribution in [0, 0.1) is 0 Å². The standard InChI is InChI=1S/C19H25NO2/c1-20-11-10-15-13-17(22-3)8-9-18(15)19(20)12-14-4-6-16(21-2)7-5-14/h4-8,19H,9-13H2,1-3H3. The lowest BCUT2D eigenvalue weighted by Crippen LogP contribution is -2.40. The molecule has 2 aliphatic rings. The quantitative estimate of drug-likeness (QED) is 0.794. The first kappa shape index (κ1) is 15.2. The molecule has 0 radical (unpaired) electrons. The second-order valence-electron chi connectivity index (χ2n) is 6.18. The molecule has 1 heterocycles. The maximum Gasteiger partial charge on any atom is 0.118 e. The highest BCUT2D eigenvalue weighted by molar-refractivity contribution is 5.35. The van der Waals surface area contributed by atoms with Gasteiger partial charge in [-0.2, -0.15) is 0 Å². The Bertz CT molecular complexity index is 586. The molecule has 3 nitrogen and oxygen atoms in total. The van der Waals surface area contributed by atoms with E-state index in [-0.39, 0.29) is 0 Å². The van der Waals surface area contributed by atoms with Gasteiger partial charge in [-0.1, -0.05) is 17.7 Å². The molecule has 0 aromatic heterocycles. The SMILES string of the molecule is COC1=CCC2=C(CCN(C)C2Cc2ccc(OC)cc2)C1. The van der Waals surface area contributed by atoms with E-state index in [4.69, 9.17) is 9.47 Å². The number of rotatable bonds is 4. The van der Waals surface area contributed by atoms with E-state index < -0.39 is 0 Å². The van der Waals surface area contributed by atoms with Crippen LogP contribution in [0.1, 0.15) is 24.8 Å². The fourth-order valence-corrected chi connectivity index (χ4v) is 3.54. The van der Waals surface area contributed by atoms with E-state index in [0.717, 1.165) is 37.3 Å². The van der Waals surface area contributed by atoms with Crippen LogP contribution in [-0.4, -0.2) is 38.8 Å². The van der Waals surface area contributed by atoms with Crippen molar-refractivity contribution in [2.24, 2.45) is 0 Å². The van der Waals surface area contributed by atoms with Crippen LogP contribution in [0.3, 0.4) is 0 Å². The molecule has 0 saturated carbocycles. The van der Waals surface area contributed by atoms with E-state index in [9.17, 15) is 0 Å². The van der Waals surface area contributed by atoms with E-state index >= 15 is 0 Å². The molecule has 3 rings (SSSR count). The van der Waals surface area contributed by atoms with Crippen LogP contribution in [0.15, 0.2) is 47.2 Å². The molecule has 1 aliphatic heterocycles. The number of hydrogen-bond donors (Lipinski definition) is 0. The first-order chi connectivity index (χ1) is 10.7. The lowest BCUT2D eigenvalue weighted by atomic mass is 9.83. The predicted octanol–water partition coefficient (Wildman–Crippen LogP) is 3.56. The second kappa shape index (κ2) is 6.57. The summed E-state index contributed by atoms with van der Waals surface area (Å²) in [5.41, 5.74) is 4.56. The van der Waals surface area contributed by atoms with Crippen molar-refractivity contribution in [2.75, 3.05) is 27.8 Å². The topological polar surface area (TPSA) is 21.7 Å². The summed E-state index contributed by atoms with van der Waals surface area (Å²) in [6.45, 7) is 1.14. The molecule has 0 amide bonds. The maximum absolute atomic E-state index is 5.45. The number of methoxy groups -OCH3 is 2. The Kier molecular flexibility index (Phi) is 4.53. The van der Waals surface area contributed by atoms with Gasteiger partial charge < -0.3 is 9.47 Å². The van der Waals surface area contributed by atoms with Gasteiger partial charge in [0, 0.05) is 19.0 Å². The summed E-state index contributed by atoms with van der Waals surface area (Å²) in [7, 11) is 5.73. The van der Waals surface area contributed by atoms with Gasteiger partial charge in [0.2, 0.25) is 0 Å². The van der Waals surface area contributed by atoms with Crippen molar-refractivity contribution >= 4 is 0 Å². The molecule has 3 heteroatoms. The van der Waals surface area contributed by atoms with E-state index in [0.29, 0.717) is 6.04 Å². The molecule has 22 heavy (non-hydrogen) atoms. The highest BCUT2D eigenvalue weighted by Gasteiger charge is 2.29. The van der Waals surface area contributed by atoms with Gasteiger partial charge in [0.15, 0.2) is 0 Å². The molecule has 1 unspecified atom stereocenters. The van der Waals surface area contributed by atoms with Gasteiger partial charge in [-0.05, 0) is 55.7 Å². The number of hydrogen-bond acceptors (Lipinski definition) is 3. The predicted molar refractivity (Wildman–Crippen MR) is 89.1 cm³/mol. The van der Waals surface area contributed by atoms with E-state index in [1.54, 1.807) is 25.4 Å². The molecule has 0 N–H and O–H groups in total. The number of allylic oxidation sites excluding steroid dienone is 2. The van der Waals surface area contributed by atoms with Crippen molar-refractivity contribution in [1.29, 1.82) is 0 Å². The van der Waals surface area contributed by atoms with Crippen LogP contribution < -0.4 is 4.74 Å². The molecule has 118 valence electrons. The summed E-state index contributed by atoms with van der Waals surface area (Å²) in [5.74, 6) is 2.05. The van der Waals surface area contributed by atoms with Crippen LogP contribution in [0.4, 0.5) is 0 Å². The number of likely N-dealkylation sites (N-methyl/N-ethyl adjacent to an activating group) is 1. The fraction of sp³-hybridized carbons (Fsp3) is 0.474. The minimum atomic E-state index is 0.506. The average molecular weight is 299 g/mol. The van der Waals surface area contributed by atoms with Crippen LogP contribution >= 0.6 is 0 Å². The van der Waals surface area contributed by atoms with Gasteiger partial charge in [0.25, 0.3) is 0 Å². The molecule has 1 aromatic carbocycles. The van der Waals surface area contributed by atoms with E-state index in [1.807, 2.05) is 0 Å². The average Bonchev–Trinajstić information content (AvgIpc) is 2.57. The Morgan fingerprint density at radius 3 is 2.59 bits per heavy atom. The third kappa shape index (κ3) is 3.05. The fourth-order valence-electron chi connectivity index (χ4n) is 3.54. The van der Waals surface area contributed by atoms with Crippen molar-refractivity contribution < 1.29 is 9.47 Å². The van der Waals surface area contributed by atoms with Gasteiger partial charge in [-0.3, -0.25) is 4.90 Å². The van der Waals surface area contributed by atoms with Gasteiger partial charge >= 0.3 is 0 Å². The summed E-state index contributed by atoms with van der Waals surface area (Å²) >= 11 is 0. The molecule has 0 spiro atoms. The molecular formula is C19H25NO2. The first-order valence-electron chi connectivity index (χ1n) is 7.98. The maximum atomic E-state index is 5.45. The number of nitrogens with zero attached hydrogens (tertiary/aromatic N) is 1. The van der Waals surface area contributed by atoms with Crippen LogP contribution in [0.5, 0.6) is 5.75 Å². The van der Waals surface area contributed by atoms with Crippen LogP contribution in [0.25, 0.3) is 0 Å². The van der Waals surface area contributed by atoms with Crippen molar-refractivity contribution in [3.63, 3.8) is 0 Å². The zero-order chi connectivity index (χ0) is 15.5. The van der Waals surface area contributed by atoms with Gasteiger partial charge in [-0.15, -0.1) is 0 Å². The third-order valence-corrected chi connectivity index (χ3v) is 4.94. The number of benzene rings is 1.